The van der Waals surface area contributed by atoms with Gasteiger partial charge in [-0.1, -0.05) is 38.5 Å². The van der Waals surface area contributed by atoms with Crippen LogP contribution in [0.5, 0.6) is 5.75 Å². The number of hydrogen-bond donors (Lipinski definition) is 0. The van der Waals surface area contributed by atoms with Gasteiger partial charge in [0.1, 0.15) is 34.6 Å². The molecule has 1 nitrogen and oxygen atoms in total. The third-order valence-electron chi connectivity index (χ3n) is 5.37. The monoisotopic (exact) mass is 506 g/mol. The van der Waals surface area contributed by atoms with Gasteiger partial charge in [-0.2, -0.15) is 22.0 Å². The minimum absolute atomic E-state index is 0.0397. The topological polar surface area (TPSA) is 9.23 Å². The highest BCUT2D eigenvalue weighted by Crippen LogP contribution is 2.39. The van der Waals surface area contributed by atoms with Gasteiger partial charge in [0.25, 0.3) is 0 Å². The van der Waals surface area contributed by atoms with Gasteiger partial charge in [-0.05, 0) is 35.4 Å². The fourth-order valence-electron chi connectivity index (χ4n) is 3.68. The van der Waals surface area contributed by atoms with E-state index < -0.39 is 58.5 Å². The highest BCUT2D eigenvalue weighted by atomic mass is 19.4. The van der Waals surface area contributed by atoms with E-state index in [0.717, 1.165) is 18.4 Å². The number of alkyl halides is 5. The third kappa shape index (κ3) is 5.91. The molecule has 3 aromatic carbocycles. The summed E-state index contributed by atoms with van der Waals surface area (Å²) in [5, 5.41) is -0.278. The van der Waals surface area contributed by atoms with Crippen molar-refractivity contribution in [1.29, 1.82) is 0 Å². The van der Waals surface area contributed by atoms with E-state index in [0.29, 0.717) is 6.07 Å². The minimum atomic E-state index is -4.87. The van der Waals surface area contributed by atoms with Crippen molar-refractivity contribution in [1.82, 2.24) is 0 Å². The molecular formula is C25H19F9O. The number of ether oxygens (including phenoxy) is 1. The first kappa shape index (κ1) is 26.4. The van der Waals surface area contributed by atoms with E-state index in [1.165, 1.54) is 18.2 Å². The Labute approximate surface area is 194 Å². The van der Waals surface area contributed by atoms with Crippen LogP contribution in [0.4, 0.5) is 39.5 Å². The second-order valence-corrected chi connectivity index (χ2v) is 8.01. The second kappa shape index (κ2) is 9.83. The zero-order valence-corrected chi connectivity index (χ0v) is 18.4. The average molecular weight is 506 g/mol. The molecule has 3 rings (SSSR count). The lowest BCUT2D eigenvalue weighted by atomic mass is 9.93. The summed E-state index contributed by atoms with van der Waals surface area (Å²) < 4.78 is 128. The molecule has 0 aliphatic heterocycles. The number of fused-ring (bicyclic) bond motifs is 1. The van der Waals surface area contributed by atoms with Crippen LogP contribution in [-0.2, 0) is 6.11 Å². The minimum Gasteiger partial charge on any atom is -0.429 e. The van der Waals surface area contributed by atoms with Gasteiger partial charge in [-0.25, -0.2) is 17.6 Å². The molecule has 0 saturated carbocycles. The van der Waals surface area contributed by atoms with Crippen LogP contribution in [0.3, 0.4) is 0 Å². The second-order valence-electron chi connectivity index (χ2n) is 8.01. The van der Waals surface area contributed by atoms with E-state index in [9.17, 15) is 39.5 Å². The predicted molar refractivity (Wildman–Crippen MR) is 113 cm³/mol. The summed E-state index contributed by atoms with van der Waals surface area (Å²) in [6, 6.07) is 5.33. The summed E-state index contributed by atoms with van der Waals surface area (Å²) in [6.07, 6.45) is -8.29. The van der Waals surface area contributed by atoms with Crippen molar-refractivity contribution in [2.24, 2.45) is 0 Å². The van der Waals surface area contributed by atoms with E-state index in [2.05, 4.69) is 4.74 Å². The summed E-state index contributed by atoms with van der Waals surface area (Å²) in [5.41, 5.74) is -2.17. The molecule has 188 valence electrons. The van der Waals surface area contributed by atoms with E-state index in [1.807, 2.05) is 13.8 Å². The fraction of sp³-hybridized carbons (Fsp3) is 0.280. The lowest BCUT2D eigenvalue weighted by molar-refractivity contribution is -0.189. The van der Waals surface area contributed by atoms with Gasteiger partial charge in [-0.3, -0.25) is 0 Å². The Balaban J connectivity index is 1.99. The molecular weight excluding hydrogens is 487 g/mol. The van der Waals surface area contributed by atoms with E-state index in [-0.39, 0.29) is 34.9 Å². The normalized spacial score (nSPS) is 13.6. The number of halogens is 9. The van der Waals surface area contributed by atoms with Crippen molar-refractivity contribution < 1.29 is 44.3 Å². The van der Waals surface area contributed by atoms with Crippen molar-refractivity contribution in [2.45, 2.75) is 44.9 Å². The summed E-state index contributed by atoms with van der Waals surface area (Å²) in [6.45, 7) is 3.88. The lowest BCUT2D eigenvalue weighted by Crippen LogP contribution is -2.25. The highest BCUT2D eigenvalue weighted by molar-refractivity contribution is 5.85. The summed E-state index contributed by atoms with van der Waals surface area (Å²) >= 11 is 0. The molecule has 1 atom stereocenters. The van der Waals surface area contributed by atoms with Crippen molar-refractivity contribution in [3.8, 4) is 5.75 Å². The molecule has 0 radical (unpaired) electrons. The van der Waals surface area contributed by atoms with Crippen LogP contribution in [0, 0.1) is 23.3 Å². The van der Waals surface area contributed by atoms with Gasteiger partial charge in [0.05, 0.1) is 0 Å². The van der Waals surface area contributed by atoms with Crippen molar-refractivity contribution >= 4 is 16.8 Å². The van der Waals surface area contributed by atoms with Crippen LogP contribution in [-0.4, -0.2) is 6.18 Å². The van der Waals surface area contributed by atoms with Crippen LogP contribution in [0.25, 0.3) is 16.8 Å². The molecule has 0 heterocycles. The van der Waals surface area contributed by atoms with Crippen LogP contribution < -0.4 is 4.74 Å². The lowest BCUT2D eigenvalue weighted by Gasteiger charge is -2.21. The standard InChI is InChI=1S/C25H19F9O/c1-3-4-13(2)14-5-6-17-15(9-14)10-21(28)22(23(17)29)25(33,34)35-16-11-19(26)18(20(27)12-16)7-8-24(30,31)32/h5-13H,3-4H2,1-2H3/b8-7+. The van der Waals surface area contributed by atoms with Crippen molar-refractivity contribution in [2.75, 3.05) is 0 Å². The van der Waals surface area contributed by atoms with Gasteiger partial charge >= 0.3 is 12.3 Å². The number of hydrogen-bond acceptors (Lipinski definition) is 1. The SMILES string of the molecule is CCCC(C)c1ccc2c(F)c(C(F)(F)Oc3cc(F)c(/C=C/C(F)(F)F)c(F)c3)c(F)cc2c1. The van der Waals surface area contributed by atoms with Crippen LogP contribution >= 0.6 is 0 Å². The Hall–Kier alpha value is -3.17. The van der Waals surface area contributed by atoms with Gasteiger partial charge < -0.3 is 4.74 Å². The van der Waals surface area contributed by atoms with Gasteiger partial charge in [-0.15, -0.1) is 0 Å². The largest absolute Gasteiger partial charge is 0.432 e. The van der Waals surface area contributed by atoms with Gasteiger partial charge in [0.15, 0.2) is 0 Å². The Kier molecular flexibility index (Phi) is 7.42. The predicted octanol–water partition coefficient (Wildman–Crippen LogP) is 9.00. The molecule has 0 bridgehead atoms. The maximum Gasteiger partial charge on any atom is 0.432 e. The Morgan fingerprint density at radius 2 is 1.51 bits per heavy atom. The highest BCUT2D eigenvalue weighted by Gasteiger charge is 2.42. The quantitative estimate of drug-likeness (QED) is 0.291. The van der Waals surface area contributed by atoms with E-state index in [1.54, 1.807) is 0 Å². The molecule has 0 spiro atoms. The molecule has 1 unspecified atom stereocenters. The first-order chi connectivity index (χ1) is 16.2. The summed E-state index contributed by atoms with van der Waals surface area (Å²) in [5.74, 6) is -7.68. The summed E-state index contributed by atoms with van der Waals surface area (Å²) in [4.78, 5) is 0. The Morgan fingerprint density at radius 3 is 2.09 bits per heavy atom. The molecule has 0 fully saturated rings. The van der Waals surface area contributed by atoms with E-state index in [4.69, 9.17) is 0 Å². The van der Waals surface area contributed by atoms with Crippen molar-refractivity contribution in [3.05, 3.63) is 82.4 Å². The molecule has 0 saturated heterocycles. The first-order valence-electron chi connectivity index (χ1n) is 10.5. The molecule has 35 heavy (non-hydrogen) atoms. The molecule has 0 aliphatic rings. The molecule has 0 N–H and O–H groups in total. The van der Waals surface area contributed by atoms with Crippen LogP contribution in [0.1, 0.15) is 49.3 Å². The van der Waals surface area contributed by atoms with Crippen LogP contribution in [0.15, 0.2) is 42.5 Å². The van der Waals surface area contributed by atoms with Gasteiger partial charge in [0.2, 0.25) is 0 Å². The molecule has 10 heteroatoms. The average Bonchev–Trinajstić information content (AvgIpc) is 2.71. The summed E-state index contributed by atoms with van der Waals surface area (Å²) in [7, 11) is 0. The zero-order chi connectivity index (χ0) is 26.1. The fourth-order valence-corrected chi connectivity index (χ4v) is 3.68. The van der Waals surface area contributed by atoms with Crippen LogP contribution in [0.2, 0.25) is 0 Å². The first-order valence-corrected chi connectivity index (χ1v) is 10.5. The molecule has 3 aromatic rings. The Bertz CT molecular complexity index is 1240. The number of allylic oxidation sites excluding steroid dienone is 1. The Morgan fingerprint density at radius 1 is 0.886 bits per heavy atom. The number of rotatable bonds is 7. The maximum atomic E-state index is 15.0. The van der Waals surface area contributed by atoms with E-state index >= 15 is 0 Å². The maximum absolute atomic E-state index is 15.0. The number of benzene rings is 3. The molecule has 0 aliphatic carbocycles. The molecule has 0 aromatic heterocycles. The zero-order valence-electron chi connectivity index (χ0n) is 18.4. The smallest absolute Gasteiger partial charge is 0.429 e. The third-order valence-corrected chi connectivity index (χ3v) is 5.37. The van der Waals surface area contributed by atoms with Gasteiger partial charge in [0, 0.05) is 29.2 Å². The molecule has 0 amide bonds. The van der Waals surface area contributed by atoms with Crippen molar-refractivity contribution in [3.63, 3.8) is 0 Å².